The van der Waals surface area contributed by atoms with E-state index in [9.17, 15) is 9.18 Å². The van der Waals surface area contributed by atoms with Crippen LogP contribution in [0.1, 0.15) is 16.1 Å². The summed E-state index contributed by atoms with van der Waals surface area (Å²) in [5, 5.41) is 3.89. The van der Waals surface area contributed by atoms with Crippen molar-refractivity contribution in [3.8, 4) is 22.8 Å². The van der Waals surface area contributed by atoms with Gasteiger partial charge in [-0.05, 0) is 54.6 Å². The Balaban J connectivity index is 1.65. The maximum atomic E-state index is 13.0. The summed E-state index contributed by atoms with van der Waals surface area (Å²) in [7, 11) is 3.01. The predicted molar refractivity (Wildman–Crippen MR) is 98.7 cm³/mol. The molecule has 7 heteroatoms. The van der Waals surface area contributed by atoms with Gasteiger partial charge in [0.25, 0.3) is 5.91 Å². The smallest absolute Gasteiger partial charge is 0.271 e. The number of furan rings is 1. The van der Waals surface area contributed by atoms with Crippen LogP contribution in [0.5, 0.6) is 11.5 Å². The highest BCUT2D eigenvalue weighted by atomic mass is 19.1. The average Bonchev–Trinajstić information content (AvgIpc) is 3.16. The molecule has 138 valence electrons. The molecule has 0 bridgehead atoms. The van der Waals surface area contributed by atoms with Crippen LogP contribution in [0.15, 0.2) is 64.1 Å². The normalized spacial score (nSPS) is 10.8. The molecule has 1 amide bonds. The number of ether oxygens (including phenoxy) is 2. The predicted octanol–water partition coefficient (Wildman–Crippen LogP) is 3.87. The van der Waals surface area contributed by atoms with Crippen LogP contribution in [0, 0.1) is 5.82 Å². The molecule has 0 spiro atoms. The van der Waals surface area contributed by atoms with Gasteiger partial charge in [0.15, 0.2) is 11.5 Å². The lowest BCUT2D eigenvalue weighted by Crippen LogP contribution is -2.17. The van der Waals surface area contributed by atoms with Gasteiger partial charge in [-0.1, -0.05) is 0 Å². The Morgan fingerprint density at radius 2 is 1.78 bits per heavy atom. The number of hydrogen-bond acceptors (Lipinski definition) is 5. The molecular formula is C20H17FN2O4. The summed E-state index contributed by atoms with van der Waals surface area (Å²) in [5.41, 5.74) is 3.53. The highest BCUT2D eigenvalue weighted by molar-refractivity contribution is 5.95. The topological polar surface area (TPSA) is 73.1 Å². The van der Waals surface area contributed by atoms with Crippen molar-refractivity contribution in [1.82, 2.24) is 5.43 Å². The maximum Gasteiger partial charge on any atom is 0.271 e. The Hall–Kier alpha value is -3.61. The molecule has 0 aliphatic carbocycles. The number of hydrogen-bond donors (Lipinski definition) is 1. The Bertz CT molecular complexity index is 964. The van der Waals surface area contributed by atoms with Crippen molar-refractivity contribution >= 4 is 12.1 Å². The maximum absolute atomic E-state index is 13.0. The lowest BCUT2D eigenvalue weighted by molar-refractivity contribution is 0.0954. The van der Waals surface area contributed by atoms with Crippen LogP contribution >= 0.6 is 0 Å². The first-order valence-corrected chi connectivity index (χ1v) is 8.02. The summed E-state index contributed by atoms with van der Waals surface area (Å²) >= 11 is 0. The van der Waals surface area contributed by atoms with Gasteiger partial charge < -0.3 is 13.9 Å². The fraction of sp³-hybridized carbons (Fsp3) is 0.100. The van der Waals surface area contributed by atoms with Gasteiger partial charge in [0, 0.05) is 11.1 Å². The molecule has 0 aliphatic heterocycles. The molecule has 6 nitrogen and oxygen atoms in total. The average molecular weight is 368 g/mol. The van der Waals surface area contributed by atoms with Crippen molar-refractivity contribution in [1.29, 1.82) is 0 Å². The van der Waals surface area contributed by atoms with Crippen molar-refractivity contribution in [2.75, 3.05) is 14.2 Å². The van der Waals surface area contributed by atoms with Gasteiger partial charge >= 0.3 is 0 Å². The van der Waals surface area contributed by atoms with Gasteiger partial charge in [-0.2, -0.15) is 5.10 Å². The molecule has 0 saturated carbocycles. The minimum absolute atomic E-state index is 0.315. The Morgan fingerprint density at radius 1 is 1.04 bits per heavy atom. The summed E-state index contributed by atoms with van der Waals surface area (Å²) in [5.74, 6) is 1.28. The largest absolute Gasteiger partial charge is 0.493 e. The molecule has 0 aliphatic rings. The molecular weight excluding hydrogens is 351 g/mol. The molecule has 0 radical (unpaired) electrons. The van der Waals surface area contributed by atoms with E-state index in [0.717, 1.165) is 5.56 Å². The molecule has 1 aromatic heterocycles. The third-order valence-electron chi connectivity index (χ3n) is 3.76. The first kappa shape index (κ1) is 18.2. The van der Waals surface area contributed by atoms with Gasteiger partial charge in [0.05, 0.1) is 20.4 Å². The first-order valence-electron chi connectivity index (χ1n) is 8.02. The minimum atomic E-state index is -0.405. The summed E-state index contributed by atoms with van der Waals surface area (Å²) in [4.78, 5) is 12.2. The number of nitrogens with zero attached hydrogens (tertiary/aromatic N) is 1. The monoisotopic (exact) mass is 368 g/mol. The summed E-state index contributed by atoms with van der Waals surface area (Å²) in [6, 6.07) is 14.2. The van der Waals surface area contributed by atoms with E-state index < -0.39 is 5.91 Å². The van der Waals surface area contributed by atoms with Crippen LogP contribution in [-0.4, -0.2) is 26.3 Å². The number of nitrogens with one attached hydrogen (secondary N) is 1. The fourth-order valence-corrected chi connectivity index (χ4v) is 2.39. The van der Waals surface area contributed by atoms with E-state index in [1.807, 2.05) is 0 Å². The van der Waals surface area contributed by atoms with Crippen molar-refractivity contribution in [2.45, 2.75) is 0 Å². The van der Waals surface area contributed by atoms with E-state index >= 15 is 0 Å². The first-order chi connectivity index (χ1) is 13.1. The third kappa shape index (κ3) is 4.33. The molecule has 3 rings (SSSR count). The number of rotatable bonds is 6. The van der Waals surface area contributed by atoms with Crippen LogP contribution < -0.4 is 14.9 Å². The molecule has 0 saturated heterocycles. The molecule has 3 aromatic rings. The van der Waals surface area contributed by atoms with Crippen LogP contribution in [0.25, 0.3) is 11.3 Å². The van der Waals surface area contributed by atoms with Crippen molar-refractivity contribution < 1.29 is 23.1 Å². The van der Waals surface area contributed by atoms with E-state index in [0.29, 0.717) is 28.6 Å². The van der Waals surface area contributed by atoms with Crippen molar-refractivity contribution in [3.05, 3.63) is 71.7 Å². The van der Waals surface area contributed by atoms with Gasteiger partial charge in [-0.3, -0.25) is 4.79 Å². The Morgan fingerprint density at radius 3 is 2.48 bits per heavy atom. The lowest BCUT2D eigenvalue weighted by atomic mass is 10.2. The van der Waals surface area contributed by atoms with Gasteiger partial charge in [-0.15, -0.1) is 0 Å². The van der Waals surface area contributed by atoms with Crippen LogP contribution in [0.3, 0.4) is 0 Å². The van der Waals surface area contributed by atoms with Gasteiger partial charge in [-0.25, -0.2) is 9.82 Å². The standard InChI is InChI=1S/C20H17FN2O4/c1-25-18-9-5-14(11-19(18)26-2)20(24)23-22-12-16-8-10-17(27-16)13-3-6-15(21)7-4-13/h3-12H,1-2H3,(H,23,24)/b22-12+. The highest BCUT2D eigenvalue weighted by Gasteiger charge is 2.10. The van der Waals surface area contributed by atoms with E-state index in [2.05, 4.69) is 10.5 Å². The highest BCUT2D eigenvalue weighted by Crippen LogP contribution is 2.27. The third-order valence-corrected chi connectivity index (χ3v) is 3.76. The van der Waals surface area contributed by atoms with Crippen LogP contribution in [-0.2, 0) is 0 Å². The molecule has 1 N–H and O–H groups in total. The minimum Gasteiger partial charge on any atom is -0.493 e. The Kier molecular flexibility index (Phi) is 5.51. The van der Waals surface area contributed by atoms with E-state index in [-0.39, 0.29) is 5.82 Å². The van der Waals surface area contributed by atoms with E-state index in [4.69, 9.17) is 13.9 Å². The zero-order valence-electron chi connectivity index (χ0n) is 14.7. The lowest BCUT2D eigenvalue weighted by Gasteiger charge is -2.08. The molecule has 0 atom stereocenters. The molecule has 27 heavy (non-hydrogen) atoms. The number of hydrazone groups is 1. The van der Waals surface area contributed by atoms with E-state index in [1.165, 1.54) is 32.6 Å². The van der Waals surface area contributed by atoms with Crippen molar-refractivity contribution in [3.63, 3.8) is 0 Å². The summed E-state index contributed by atoms with van der Waals surface area (Å²) < 4.78 is 28.9. The second kappa shape index (κ2) is 8.18. The molecule has 1 heterocycles. The van der Waals surface area contributed by atoms with Crippen LogP contribution in [0.2, 0.25) is 0 Å². The zero-order valence-corrected chi connectivity index (χ0v) is 14.7. The van der Waals surface area contributed by atoms with Gasteiger partial charge in [0.2, 0.25) is 0 Å². The second-order valence-electron chi connectivity index (χ2n) is 5.48. The number of carbonyl (C=O) groups is 1. The van der Waals surface area contributed by atoms with E-state index in [1.54, 1.807) is 42.5 Å². The quantitative estimate of drug-likeness (QED) is 0.530. The molecule has 0 fully saturated rings. The SMILES string of the molecule is COc1ccc(C(=O)N/N=C/c2ccc(-c3ccc(F)cc3)o2)cc1OC. The summed E-state index contributed by atoms with van der Waals surface area (Å²) in [6.07, 6.45) is 1.38. The molecule has 2 aromatic carbocycles. The van der Waals surface area contributed by atoms with Crippen molar-refractivity contribution in [2.24, 2.45) is 5.10 Å². The number of carbonyl (C=O) groups excluding carboxylic acids is 1. The zero-order chi connectivity index (χ0) is 19.2. The second-order valence-corrected chi connectivity index (χ2v) is 5.48. The Labute approximate surface area is 155 Å². The number of amides is 1. The molecule has 0 unspecified atom stereocenters. The number of benzene rings is 2. The number of methoxy groups -OCH3 is 2. The summed E-state index contributed by atoms with van der Waals surface area (Å²) in [6.45, 7) is 0. The fourth-order valence-electron chi connectivity index (χ4n) is 2.39. The van der Waals surface area contributed by atoms with Crippen LogP contribution in [0.4, 0.5) is 4.39 Å². The van der Waals surface area contributed by atoms with Gasteiger partial charge in [0.1, 0.15) is 17.3 Å². The number of halogens is 1.